The number of aliphatic imine (C=N–C) groups is 1. The highest BCUT2D eigenvalue weighted by atomic mass is 16.4. The minimum absolute atomic E-state index is 0.0360. The maximum absolute atomic E-state index is 13.4. The first-order valence-corrected chi connectivity index (χ1v) is 14.7. The number of aliphatic hydroxyl groups excluding tert-OH is 1. The summed E-state index contributed by atoms with van der Waals surface area (Å²) in [5.74, 6) is -1.55. The van der Waals surface area contributed by atoms with E-state index in [1.54, 1.807) is 30.3 Å². The molecule has 0 bridgehead atoms. The van der Waals surface area contributed by atoms with Crippen LogP contribution in [-0.4, -0.2) is 83.3 Å². The predicted molar refractivity (Wildman–Crippen MR) is 166 cm³/mol. The Bertz CT molecular complexity index is 1260. The lowest BCUT2D eigenvalue weighted by Crippen LogP contribution is -2.66. The topological polar surface area (TPSA) is 207 Å². The second-order valence-electron chi connectivity index (χ2n) is 11.3. The number of carboxylic acids is 1. The number of aliphatic hydroxyl groups is 1. The predicted octanol–water partition coefficient (Wildman–Crippen LogP) is 0.276. The Morgan fingerprint density at radius 1 is 0.977 bits per heavy atom. The monoisotopic (exact) mass is 609 g/mol. The van der Waals surface area contributed by atoms with Gasteiger partial charge in [0.25, 0.3) is 0 Å². The summed E-state index contributed by atoms with van der Waals surface area (Å²) in [6.45, 7) is 4.16. The summed E-state index contributed by atoms with van der Waals surface area (Å²) in [6.07, 6.45) is 0.259. The van der Waals surface area contributed by atoms with Crippen molar-refractivity contribution >= 4 is 30.2 Å². The Hall–Kier alpha value is -4.49. The molecule has 0 radical (unpaired) electrons. The first-order chi connectivity index (χ1) is 21.0. The third kappa shape index (κ3) is 11.0. The lowest BCUT2D eigenvalue weighted by Gasteiger charge is -2.36. The van der Waals surface area contributed by atoms with E-state index in [1.165, 1.54) is 0 Å². The highest BCUT2D eigenvalue weighted by molar-refractivity contribution is 5.85. The summed E-state index contributed by atoms with van der Waals surface area (Å²) >= 11 is 0. The smallest absolute Gasteiger partial charge is 0.326 e. The summed E-state index contributed by atoms with van der Waals surface area (Å²) in [6, 6.07) is 12.7. The first kappa shape index (κ1) is 34.0. The Morgan fingerprint density at radius 3 is 2.14 bits per heavy atom. The summed E-state index contributed by atoms with van der Waals surface area (Å²) < 4.78 is 0. The first-order valence-electron chi connectivity index (χ1n) is 14.7. The molecular formula is C31H43N7O6. The van der Waals surface area contributed by atoms with Crippen molar-refractivity contribution in [1.82, 2.24) is 26.6 Å². The molecule has 6 unspecified atom stereocenters. The van der Waals surface area contributed by atoms with Gasteiger partial charge in [0.05, 0.1) is 24.2 Å². The SMILES string of the molecule is CC(C)CC(NC(O)C(NC(=O)NC(Cc1ccccc1)C(=O)O)C1CCN=C(N)N1)C(=O)NC(C=O)Cc1ccccc1. The molecule has 9 N–H and O–H groups in total. The number of nitrogens with two attached hydrogens (primary N) is 1. The zero-order chi connectivity index (χ0) is 32.1. The molecule has 3 amide bonds. The number of carbonyl (C=O) groups is 4. The van der Waals surface area contributed by atoms with Crippen LogP contribution in [0.2, 0.25) is 0 Å². The fourth-order valence-corrected chi connectivity index (χ4v) is 5.02. The quantitative estimate of drug-likeness (QED) is 0.0970. The van der Waals surface area contributed by atoms with Crippen LogP contribution in [0, 0.1) is 5.92 Å². The number of hydrogen-bond donors (Lipinski definition) is 8. The highest BCUT2D eigenvalue weighted by Gasteiger charge is 2.35. The van der Waals surface area contributed by atoms with Crippen LogP contribution in [0.4, 0.5) is 4.79 Å². The summed E-state index contributed by atoms with van der Waals surface area (Å²) in [4.78, 5) is 54.3. The van der Waals surface area contributed by atoms with Crippen molar-refractivity contribution in [3.63, 3.8) is 0 Å². The molecule has 1 aliphatic rings. The molecule has 0 fully saturated rings. The molecular weight excluding hydrogens is 566 g/mol. The van der Waals surface area contributed by atoms with Gasteiger partial charge in [-0.3, -0.25) is 15.1 Å². The van der Waals surface area contributed by atoms with Crippen LogP contribution in [0.5, 0.6) is 0 Å². The van der Waals surface area contributed by atoms with Gasteiger partial charge in [0.2, 0.25) is 5.91 Å². The molecule has 2 aromatic carbocycles. The Balaban J connectivity index is 1.74. The minimum Gasteiger partial charge on any atom is -0.480 e. The van der Waals surface area contributed by atoms with Crippen molar-refractivity contribution in [2.75, 3.05) is 6.54 Å². The Labute approximate surface area is 257 Å². The van der Waals surface area contributed by atoms with E-state index in [1.807, 2.05) is 44.2 Å². The van der Waals surface area contributed by atoms with Gasteiger partial charge in [0.1, 0.15) is 18.6 Å². The van der Waals surface area contributed by atoms with Gasteiger partial charge in [-0.15, -0.1) is 0 Å². The third-order valence-electron chi connectivity index (χ3n) is 7.20. The maximum atomic E-state index is 13.4. The van der Waals surface area contributed by atoms with Crippen molar-refractivity contribution in [2.24, 2.45) is 16.6 Å². The van der Waals surface area contributed by atoms with E-state index in [-0.39, 0.29) is 18.3 Å². The van der Waals surface area contributed by atoms with Crippen LogP contribution in [-0.2, 0) is 27.2 Å². The van der Waals surface area contributed by atoms with Crippen molar-refractivity contribution in [1.29, 1.82) is 0 Å². The number of amides is 3. The fourth-order valence-electron chi connectivity index (χ4n) is 5.02. The molecule has 0 aromatic heterocycles. The number of aldehydes is 1. The zero-order valence-corrected chi connectivity index (χ0v) is 25.0. The fraction of sp³-hybridized carbons (Fsp3) is 0.452. The van der Waals surface area contributed by atoms with E-state index in [2.05, 4.69) is 31.6 Å². The van der Waals surface area contributed by atoms with E-state index >= 15 is 0 Å². The summed E-state index contributed by atoms with van der Waals surface area (Å²) in [7, 11) is 0. The number of nitrogens with one attached hydrogen (secondary N) is 5. The molecule has 0 saturated carbocycles. The molecule has 0 spiro atoms. The standard InChI is InChI=1S/C31H43N7O6/c1-19(2)15-24(27(40)34-22(18-39)16-20-9-5-3-6-10-20)35-28(41)26(23-13-14-33-30(32)36-23)38-31(44)37-25(29(42)43)17-21-11-7-4-8-12-21/h3-12,18-19,22-26,28,35,41H,13-17H2,1-2H3,(H,34,40)(H,42,43)(H3,32,33,36)(H2,37,38,44). The molecule has 2 aromatic rings. The van der Waals surface area contributed by atoms with Crippen LogP contribution in [0.3, 0.4) is 0 Å². The van der Waals surface area contributed by atoms with Crippen LogP contribution >= 0.6 is 0 Å². The van der Waals surface area contributed by atoms with Gasteiger partial charge in [-0.05, 0) is 36.3 Å². The minimum atomic E-state index is -1.47. The molecule has 1 heterocycles. The van der Waals surface area contributed by atoms with Crippen LogP contribution < -0.4 is 32.3 Å². The van der Waals surface area contributed by atoms with Crippen LogP contribution in [0.25, 0.3) is 0 Å². The molecule has 238 valence electrons. The number of aliphatic carboxylic acids is 1. The van der Waals surface area contributed by atoms with E-state index in [0.717, 1.165) is 11.1 Å². The number of rotatable bonds is 16. The highest BCUT2D eigenvalue weighted by Crippen LogP contribution is 2.12. The van der Waals surface area contributed by atoms with E-state index in [0.29, 0.717) is 32.1 Å². The number of guanidine groups is 1. The van der Waals surface area contributed by atoms with Gasteiger partial charge in [-0.1, -0.05) is 74.5 Å². The van der Waals surface area contributed by atoms with Crippen molar-refractivity contribution in [2.45, 2.75) is 76.0 Å². The van der Waals surface area contributed by atoms with Crippen molar-refractivity contribution < 1.29 is 29.4 Å². The largest absolute Gasteiger partial charge is 0.480 e. The lowest BCUT2D eigenvalue weighted by atomic mass is 9.98. The average molecular weight is 610 g/mol. The van der Waals surface area contributed by atoms with Gasteiger partial charge in [0.15, 0.2) is 5.96 Å². The lowest BCUT2D eigenvalue weighted by molar-refractivity contribution is -0.139. The number of nitrogens with zero attached hydrogens (tertiary/aromatic N) is 1. The maximum Gasteiger partial charge on any atom is 0.326 e. The number of hydrogen-bond acceptors (Lipinski definition) is 9. The molecule has 1 aliphatic heterocycles. The summed E-state index contributed by atoms with van der Waals surface area (Å²) in [5, 5.41) is 34.9. The van der Waals surface area contributed by atoms with Crippen molar-refractivity contribution in [3.05, 3.63) is 71.8 Å². The van der Waals surface area contributed by atoms with Crippen molar-refractivity contribution in [3.8, 4) is 0 Å². The van der Waals surface area contributed by atoms with Crippen LogP contribution in [0.1, 0.15) is 37.8 Å². The van der Waals surface area contributed by atoms with Gasteiger partial charge < -0.3 is 42.0 Å². The molecule has 3 rings (SSSR count). The average Bonchev–Trinajstić information content (AvgIpc) is 2.99. The number of carboxylic acid groups (broad SMARTS) is 1. The zero-order valence-electron chi connectivity index (χ0n) is 25.0. The van der Waals surface area contributed by atoms with Gasteiger partial charge >= 0.3 is 12.0 Å². The molecule has 6 atom stereocenters. The molecule has 13 nitrogen and oxygen atoms in total. The Morgan fingerprint density at radius 2 is 1.59 bits per heavy atom. The van der Waals surface area contributed by atoms with Gasteiger partial charge in [-0.25, -0.2) is 9.59 Å². The molecule has 13 heteroatoms. The summed E-state index contributed by atoms with van der Waals surface area (Å²) in [5.41, 5.74) is 7.48. The number of urea groups is 1. The van der Waals surface area contributed by atoms with E-state index < -0.39 is 54.3 Å². The normalized spacial score (nSPS) is 18.0. The Kier molecular flexibility index (Phi) is 13.1. The van der Waals surface area contributed by atoms with E-state index in [9.17, 15) is 29.4 Å². The second kappa shape index (κ2) is 17.0. The number of carbonyl (C=O) groups excluding carboxylic acids is 3. The molecule has 44 heavy (non-hydrogen) atoms. The van der Waals surface area contributed by atoms with Gasteiger partial charge in [0, 0.05) is 13.0 Å². The number of benzene rings is 2. The second-order valence-corrected chi connectivity index (χ2v) is 11.3. The van der Waals surface area contributed by atoms with Crippen LogP contribution in [0.15, 0.2) is 65.7 Å². The third-order valence-corrected chi connectivity index (χ3v) is 7.20. The van der Waals surface area contributed by atoms with E-state index in [4.69, 9.17) is 5.73 Å². The molecule has 0 aliphatic carbocycles. The molecule has 0 saturated heterocycles. The van der Waals surface area contributed by atoms with Gasteiger partial charge in [-0.2, -0.15) is 0 Å².